The van der Waals surface area contributed by atoms with Gasteiger partial charge in [-0.05, 0) is 39.9 Å². The molecule has 288 valence electrons. The lowest BCUT2D eigenvalue weighted by molar-refractivity contribution is -0.303. The molecule has 0 bridgehead atoms. The highest BCUT2D eigenvalue weighted by Gasteiger charge is 2.53. The first-order valence-electron chi connectivity index (χ1n) is 18.9. The fourth-order valence-corrected chi connectivity index (χ4v) is 8.48. The molecule has 6 aromatic carbocycles. The monoisotopic (exact) mass is 769 g/mol. The van der Waals surface area contributed by atoms with Crippen LogP contribution in [0.5, 0.6) is 0 Å². The van der Waals surface area contributed by atoms with Crippen LogP contribution >= 0.6 is 0 Å². The Balaban J connectivity index is 1.33. The summed E-state index contributed by atoms with van der Waals surface area (Å²) in [5.41, 5.74) is 4.61. The predicted molar refractivity (Wildman–Crippen MR) is 215 cm³/mol. The quantitative estimate of drug-likeness (QED) is 0.0867. The molecule has 1 fully saturated rings. The van der Waals surface area contributed by atoms with E-state index in [4.69, 9.17) is 23.7 Å². The van der Waals surface area contributed by atoms with E-state index in [0.29, 0.717) is 6.61 Å². The number of benzene rings is 6. The first kappa shape index (κ1) is 39.3. The Kier molecular flexibility index (Phi) is 13.9. The molecule has 56 heavy (non-hydrogen) atoms. The Morgan fingerprint density at radius 2 is 0.857 bits per heavy atom. The summed E-state index contributed by atoms with van der Waals surface area (Å²) in [5.74, 6) is 0. The average Bonchev–Trinajstić information content (AvgIpc) is 3.26. The molecule has 0 radical (unpaired) electrons. The molecule has 0 aliphatic carbocycles. The zero-order chi connectivity index (χ0) is 38.4. The SMILES string of the molecule is O=S(=O)(c1ccccc1)N(Cc1ccccc1)[C@H]1[C@@H](OCc2ccccc2)O[C@H](COCc2ccccc2)[C@@H](OCc2ccccc2)[C@@H]1OCc1ccccc1. The Morgan fingerprint density at radius 3 is 1.34 bits per heavy atom. The molecule has 1 aliphatic heterocycles. The molecular weight excluding hydrogens is 723 g/mol. The van der Waals surface area contributed by atoms with E-state index in [-0.39, 0.29) is 37.9 Å². The van der Waals surface area contributed by atoms with Crippen molar-refractivity contribution in [3.8, 4) is 0 Å². The number of nitrogens with zero attached hydrogens (tertiary/aromatic N) is 1. The minimum absolute atomic E-state index is 0.0308. The van der Waals surface area contributed by atoms with Gasteiger partial charge in [0.25, 0.3) is 0 Å². The standard InChI is InChI=1S/C47H47NO7S/c49-56(50,42-29-17-6-18-30-42)48(31-37-19-7-1-8-20-37)44-46(53-34-40-25-13-4-14-26-40)45(52-33-39-23-11-3-12-24-39)43(36-51-32-38-21-9-2-10-22-38)55-47(44)54-35-41-27-15-5-16-28-41/h1-30,43-47H,31-36H2/t43-,44-,45-,46-,47+/m1/s1. The molecular formula is C47H47NO7S. The molecule has 1 saturated heterocycles. The molecule has 0 unspecified atom stereocenters. The Labute approximate surface area is 330 Å². The second kappa shape index (κ2) is 19.8. The van der Waals surface area contributed by atoms with Crippen molar-refractivity contribution in [3.63, 3.8) is 0 Å². The lowest BCUT2D eigenvalue weighted by Gasteiger charge is -2.49. The van der Waals surface area contributed by atoms with E-state index in [0.717, 1.165) is 27.8 Å². The molecule has 9 heteroatoms. The molecule has 0 amide bonds. The van der Waals surface area contributed by atoms with E-state index >= 15 is 8.42 Å². The molecule has 0 N–H and O–H groups in total. The number of sulfonamides is 1. The van der Waals surface area contributed by atoms with E-state index in [1.807, 2.05) is 152 Å². The highest BCUT2D eigenvalue weighted by Crippen LogP contribution is 2.36. The van der Waals surface area contributed by atoms with E-state index in [1.165, 1.54) is 4.31 Å². The molecule has 0 aromatic heterocycles. The fourth-order valence-electron chi connectivity index (χ4n) is 6.85. The van der Waals surface area contributed by atoms with Gasteiger partial charge in [-0.2, -0.15) is 4.31 Å². The molecule has 1 heterocycles. The highest BCUT2D eigenvalue weighted by molar-refractivity contribution is 7.89. The molecule has 1 aliphatic rings. The van der Waals surface area contributed by atoms with Crippen molar-refractivity contribution in [3.05, 3.63) is 210 Å². The van der Waals surface area contributed by atoms with Crippen LogP contribution in [0.1, 0.15) is 27.8 Å². The number of ether oxygens (including phenoxy) is 5. The second-order valence-electron chi connectivity index (χ2n) is 13.7. The largest absolute Gasteiger partial charge is 0.374 e. The zero-order valence-corrected chi connectivity index (χ0v) is 32.0. The Bertz CT molecular complexity index is 2130. The van der Waals surface area contributed by atoms with Crippen molar-refractivity contribution in [1.29, 1.82) is 0 Å². The fraction of sp³-hybridized carbons (Fsp3) is 0.234. The van der Waals surface area contributed by atoms with Gasteiger partial charge in [-0.15, -0.1) is 0 Å². The number of hydrogen-bond donors (Lipinski definition) is 0. The summed E-state index contributed by atoms with van der Waals surface area (Å²) >= 11 is 0. The van der Waals surface area contributed by atoms with Gasteiger partial charge >= 0.3 is 0 Å². The zero-order valence-electron chi connectivity index (χ0n) is 31.2. The van der Waals surface area contributed by atoms with Crippen molar-refractivity contribution >= 4 is 10.0 Å². The van der Waals surface area contributed by atoms with Gasteiger partial charge in [-0.1, -0.05) is 170 Å². The summed E-state index contributed by atoms with van der Waals surface area (Å²) in [7, 11) is -4.19. The number of hydrogen-bond acceptors (Lipinski definition) is 7. The average molecular weight is 770 g/mol. The van der Waals surface area contributed by atoms with Gasteiger partial charge in [0.1, 0.15) is 24.4 Å². The van der Waals surface area contributed by atoms with Crippen LogP contribution < -0.4 is 0 Å². The minimum atomic E-state index is -4.19. The van der Waals surface area contributed by atoms with Gasteiger partial charge in [0.05, 0.1) is 37.9 Å². The summed E-state index contributed by atoms with van der Waals surface area (Å²) in [5, 5.41) is 0. The summed E-state index contributed by atoms with van der Waals surface area (Å²) < 4.78 is 65.4. The highest BCUT2D eigenvalue weighted by atomic mass is 32.2. The normalized spacial score (nSPS) is 19.8. The van der Waals surface area contributed by atoms with Crippen molar-refractivity contribution in [2.45, 2.75) is 68.5 Å². The van der Waals surface area contributed by atoms with Gasteiger partial charge in [0.15, 0.2) is 6.29 Å². The second-order valence-corrected chi connectivity index (χ2v) is 15.6. The van der Waals surface area contributed by atoms with Crippen LogP contribution in [0.15, 0.2) is 187 Å². The van der Waals surface area contributed by atoms with Gasteiger partial charge < -0.3 is 23.7 Å². The number of rotatable bonds is 18. The van der Waals surface area contributed by atoms with E-state index < -0.39 is 40.7 Å². The Hall–Kier alpha value is -4.97. The van der Waals surface area contributed by atoms with Crippen LogP contribution in [0.2, 0.25) is 0 Å². The molecule has 0 spiro atoms. The molecule has 8 nitrogen and oxygen atoms in total. The van der Waals surface area contributed by atoms with Crippen molar-refractivity contribution < 1.29 is 32.1 Å². The molecule has 7 rings (SSSR count). The van der Waals surface area contributed by atoms with Crippen LogP contribution in [0.3, 0.4) is 0 Å². The van der Waals surface area contributed by atoms with Crippen molar-refractivity contribution in [1.82, 2.24) is 4.31 Å². The predicted octanol–water partition coefficient (Wildman–Crippen LogP) is 8.58. The van der Waals surface area contributed by atoms with Crippen LogP contribution in [-0.2, 0) is 66.7 Å². The van der Waals surface area contributed by atoms with Crippen LogP contribution in [0.25, 0.3) is 0 Å². The Morgan fingerprint density at radius 1 is 0.464 bits per heavy atom. The maximum Gasteiger partial charge on any atom is 0.243 e. The summed E-state index contributed by atoms with van der Waals surface area (Å²) in [4.78, 5) is 0.148. The lowest BCUT2D eigenvalue weighted by atomic mass is 9.95. The van der Waals surface area contributed by atoms with E-state index in [2.05, 4.69) is 0 Å². The topological polar surface area (TPSA) is 83.5 Å². The van der Waals surface area contributed by atoms with Crippen LogP contribution in [0.4, 0.5) is 0 Å². The molecule has 5 atom stereocenters. The van der Waals surface area contributed by atoms with Gasteiger partial charge in [0, 0.05) is 6.54 Å². The summed E-state index contributed by atoms with van der Waals surface area (Å²) in [6.07, 6.45) is -3.43. The summed E-state index contributed by atoms with van der Waals surface area (Å²) in [6, 6.07) is 56.4. The minimum Gasteiger partial charge on any atom is -0.374 e. The first-order chi connectivity index (χ1) is 27.5. The third kappa shape index (κ3) is 10.5. The van der Waals surface area contributed by atoms with Crippen molar-refractivity contribution in [2.24, 2.45) is 0 Å². The lowest BCUT2D eigenvalue weighted by Crippen LogP contribution is -2.66. The smallest absolute Gasteiger partial charge is 0.243 e. The first-order valence-corrected chi connectivity index (χ1v) is 20.3. The van der Waals surface area contributed by atoms with Gasteiger partial charge in [0.2, 0.25) is 10.0 Å². The third-order valence-corrected chi connectivity index (χ3v) is 11.6. The van der Waals surface area contributed by atoms with Crippen LogP contribution in [0, 0.1) is 0 Å². The maximum atomic E-state index is 15.1. The maximum absolute atomic E-state index is 15.1. The van der Waals surface area contributed by atoms with E-state index in [1.54, 1.807) is 30.3 Å². The third-order valence-electron chi connectivity index (χ3n) is 9.70. The van der Waals surface area contributed by atoms with Gasteiger partial charge in [-0.25, -0.2) is 8.42 Å². The van der Waals surface area contributed by atoms with Gasteiger partial charge in [-0.3, -0.25) is 0 Å². The van der Waals surface area contributed by atoms with Crippen LogP contribution in [-0.4, -0.2) is 50.0 Å². The molecule has 0 saturated carbocycles. The summed E-state index contributed by atoms with van der Waals surface area (Å²) in [6.45, 7) is 1.13. The molecule has 6 aromatic rings. The van der Waals surface area contributed by atoms with E-state index in [9.17, 15) is 0 Å². The van der Waals surface area contributed by atoms with Crippen molar-refractivity contribution in [2.75, 3.05) is 6.61 Å².